The highest BCUT2D eigenvalue weighted by Gasteiger charge is 2.04. The van der Waals surface area contributed by atoms with Crippen molar-refractivity contribution in [3.05, 3.63) is 66.2 Å². The Labute approximate surface area is 123 Å². The van der Waals surface area contributed by atoms with Gasteiger partial charge < -0.3 is 15.2 Å². The first-order valence-electron chi connectivity index (χ1n) is 6.80. The Morgan fingerprint density at radius 1 is 0.952 bits per heavy atom. The summed E-state index contributed by atoms with van der Waals surface area (Å²) in [6.45, 7) is 0.454. The zero-order chi connectivity index (χ0) is 14.7. The van der Waals surface area contributed by atoms with Crippen molar-refractivity contribution in [1.29, 1.82) is 0 Å². The molecule has 21 heavy (non-hydrogen) atoms. The Kier molecular flexibility index (Phi) is 3.65. The van der Waals surface area contributed by atoms with Gasteiger partial charge >= 0.3 is 0 Å². The number of nitrogen functional groups attached to an aromatic ring is 1. The first-order valence-corrected chi connectivity index (χ1v) is 6.80. The minimum Gasteiger partial charge on any atom is -0.497 e. The summed E-state index contributed by atoms with van der Waals surface area (Å²) in [5, 5.41) is 2.27. The van der Waals surface area contributed by atoms with Crippen molar-refractivity contribution in [2.45, 2.75) is 6.61 Å². The number of anilines is 1. The van der Waals surface area contributed by atoms with Crippen molar-refractivity contribution in [3.63, 3.8) is 0 Å². The molecular weight excluding hydrogens is 262 g/mol. The lowest BCUT2D eigenvalue weighted by molar-refractivity contribution is 0.309. The molecule has 0 unspecified atom stereocenters. The molecule has 0 bridgehead atoms. The molecule has 0 aromatic heterocycles. The third kappa shape index (κ3) is 2.92. The predicted molar refractivity (Wildman–Crippen MR) is 85.7 cm³/mol. The van der Waals surface area contributed by atoms with Crippen molar-refractivity contribution in [2.24, 2.45) is 0 Å². The van der Waals surface area contributed by atoms with Gasteiger partial charge in [0.1, 0.15) is 18.1 Å². The highest BCUT2D eigenvalue weighted by molar-refractivity contribution is 5.88. The van der Waals surface area contributed by atoms with Gasteiger partial charge in [0.25, 0.3) is 0 Å². The quantitative estimate of drug-likeness (QED) is 0.734. The van der Waals surface area contributed by atoms with Gasteiger partial charge in [-0.3, -0.25) is 0 Å². The van der Waals surface area contributed by atoms with E-state index in [2.05, 4.69) is 18.2 Å². The molecular formula is C18H17NO2. The van der Waals surface area contributed by atoms with Crippen LogP contribution in [0.15, 0.2) is 60.7 Å². The van der Waals surface area contributed by atoms with E-state index in [1.54, 1.807) is 13.2 Å². The van der Waals surface area contributed by atoms with Gasteiger partial charge in [0.2, 0.25) is 0 Å². The molecule has 3 nitrogen and oxygen atoms in total. The molecule has 0 amide bonds. The Morgan fingerprint density at radius 3 is 2.62 bits per heavy atom. The number of hydrogen-bond donors (Lipinski definition) is 1. The van der Waals surface area contributed by atoms with Gasteiger partial charge in [0.15, 0.2) is 0 Å². The molecule has 0 heterocycles. The molecule has 3 rings (SSSR count). The number of rotatable bonds is 4. The molecule has 0 aliphatic rings. The lowest BCUT2D eigenvalue weighted by Gasteiger charge is -2.11. The number of nitrogens with two attached hydrogens (primary N) is 1. The Hall–Kier alpha value is -2.68. The second-order valence-electron chi connectivity index (χ2n) is 4.88. The fraction of sp³-hybridized carbons (Fsp3) is 0.111. The highest BCUT2D eigenvalue weighted by atomic mass is 16.5. The van der Waals surface area contributed by atoms with E-state index in [4.69, 9.17) is 15.2 Å². The second kappa shape index (κ2) is 5.75. The van der Waals surface area contributed by atoms with Gasteiger partial charge in [0, 0.05) is 17.1 Å². The van der Waals surface area contributed by atoms with Crippen LogP contribution in [0.25, 0.3) is 10.8 Å². The maximum Gasteiger partial charge on any atom is 0.127 e. The summed E-state index contributed by atoms with van der Waals surface area (Å²) in [4.78, 5) is 0. The molecule has 0 saturated heterocycles. The molecule has 0 spiro atoms. The number of hydrogen-bond acceptors (Lipinski definition) is 3. The summed E-state index contributed by atoms with van der Waals surface area (Å²) in [6, 6.07) is 19.8. The molecule has 0 saturated carbocycles. The topological polar surface area (TPSA) is 44.5 Å². The minimum atomic E-state index is 0.454. The number of fused-ring (bicyclic) bond motifs is 1. The van der Waals surface area contributed by atoms with Gasteiger partial charge in [-0.1, -0.05) is 36.4 Å². The largest absolute Gasteiger partial charge is 0.497 e. The molecule has 0 radical (unpaired) electrons. The lowest BCUT2D eigenvalue weighted by atomic mass is 10.1. The van der Waals surface area contributed by atoms with Gasteiger partial charge in [0.05, 0.1) is 7.11 Å². The first kappa shape index (κ1) is 13.3. The Bertz CT molecular complexity index is 763. The highest BCUT2D eigenvalue weighted by Crippen LogP contribution is 2.26. The summed E-state index contributed by atoms with van der Waals surface area (Å²) in [6.07, 6.45) is 0. The third-order valence-corrected chi connectivity index (χ3v) is 3.37. The summed E-state index contributed by atoms with van der Waals surface area (Å²) < 4.78 is 11.2. The second-order valence-corrected chi connectivity index (χ2v) is 4.88. The van der Waals surface area contributed by atoms with Crippen LogP contribution in [-0.4, -0.2) is 7.11 Å². The van der Waals surface area contributed by atoms with Crippen molar-refractivity contribution < 1.29 is 9.47 Å². The fourth-order valence-electron chi connectivity index (χ4n) is 2.37. The van der Waals surface area contributed by atoms with Crippen LogP contribution in [0.4, 0.5) is 5.69 Å². The molecule has 0 aliphatic heterocycles. The predicted octanol–water partition coefficient (Wildman–Crippen LogP) is 4.01. The normalized spacial score (nSPS) is 10.5. The van der Waals surface area contributed by atoms with E-state index in [1.165, 1.54) is 5.39 Å². The number of ether oxygens (including phenoxy) is 2. The molecule has 3 heteroatoms. The zero-order valence-corrected chi connectivity index (χ0v) is 11.9. The van der Waals surface area contributed by atoms with E-state index in [0.717, 1.165) is 22.4 Å². The molecule has 0 atom stereocenters. The van der Waals surface area contributed by atoms with Crippen LogP contribution in [0.1, 0.15) is 5.56 Å². The maximum atomic E-state index is 5.95. The van der Waals surface area contributed by atoms with Crippen LogP contribution in [0.3, 0.4) is 0 Å². The van der Waals surface area contributed by atoms with Crippen molar-refractivity contribution in [2.75, 3.05) is 12.8 Å². The van der Waals surface area contributed by atoms with Crippen LogP contribution in [0.2, 0.25) is 0 Å². The smallest absolute Gasteiger partial charge is 0.127 e. The minimum absolute atomic E-state index is 0.454. The van der Waals surface area contributed by atoms with Crippen LogP contribution in [0, 0.1) is 0 Å². The average molecular weight is 279 g/mol. The van der Waals surface area contributed by atoms with Crippen LogP contribution < -0.4 is 15.2 Å². The van der Waals surface area contributed by atoms with Crippen LogP contribution in [0.5, 0.6) is 11.5 Å². The number of benzene rings is 3. The maximum absolute atomic E-state index is 5.95. The van der Waals surface area contributed by atoms with E-state index < -0.39 is 0 Å². The molecule has 3 aromatic carbocycles. The van der Waals surface area contributed by atoms with Gasteiger partial charge in [-0.15, -0.1) is 0 Å². The lowest BCUT2D eigenvalue weighted by Crippen LogP contribution is -1.98. The molecule has 2 N–H and O–H groups in total. The molecule has 3 aromatic rings. The van der Waals surface area contributed by atoms with E-state index in [0.29, 0.717) is 12.3 Å². The Balaban J connectivity index is 1.85. The van der Waals surface area contributed by atoms with E-state index in [-0.39, 0.29) is 0 Å². The van der Waals surface area contributed by atoms with Gasteiger partial charge in [-0.25, -0.2) is 0 Å². The van der Waals surface area contributed by atoms with Crippen molar-refractivity contribution >= 4 is 16.5 Å². The number of methoxy groups -OCH3 is 1. The average Bonchev–Trinajstić information content (AvgIpc) is 2.52. The van der Waals surface area contributed by atoms with Crippen LogP contribution >= 0.6 is 0 Å². The van der Waals surface area contributed by atoms with Crippen molar-refractivity contribution in [3.8, 4) is 11.5 Å². The summed E-state index contributed by atoms with van der Waals surface area (Å²) in [5.41, 5.74) is 7.52. The molecule has 0 fully saturated rings. The summed E-state index contributed by atoms with van der Waals surface area (Å²) in [7, 11) is 1.63. The van der Waals surface area contributed by atoms with Crippen molar-refractivity contribution in [1.82, 2.24) is 0 Å². The van der Waals surface area contributed by atoms with Gasteiger partial charge in [-0.2, -0.15) is 0 Å². The Morgan fingerprint density at radius 2 is 1.76 bits per heavy atom. The molecule has 0 aliphatic carbocycles. The van der Waals surface area contributed by atoms with E-state index >= 15 is 0 Å². The summed E-state index contributed by atoms with van der Waals surface area (Å²) >= 11 is 0. The van der Waals surface area contributed by atoms with Crippen LogP contribution in [-0.2, 0) is 6.61 Å². The standard InChI is InChI=1S/C18H17NO2/c1-20-16-10-13(9-15(19)11-16)12-21-18-8-4-6-14-5-2-3-7-17(14)18/h2-11H,12,19H2,1H3. The summed E-state index contributed by atoms with van der Waals surface area (Å²) in [5.74, 6) is 1.61. The monoisotopic (exact) mass is 279 g/mol. The SMILES string of the molecule is COc1cc(N)cc(COc2cccc3ccccc23)c1. The fourth-order valence-corrected chi connectivity index (χ4v) is 2.37. The van der Waals surface area contributed by atoms with E-state index in [9.17, 15) is 0 Å². The first-order chi connectivity index (χ1) is 10.3. The molecule has 106 valence electrons. The third-order valence-electron chi connectivity index (χ3n) is 3.37. The van der Waals surface area contributed by atoms with Gasteiger partial charge in [-0.05, 0) is 29.1 Å². The van der Waals surface area contributed by atoms with E-state index in [1.807, 2.05) is 36.4 Å². The zero-order valence-electron chi connectivity index (χ0n) is 11.9.